The molecule has 1 aliphatic heterocycles. The van der Waals surface area contributed by atoms with Crippen LogP contribution in [0.5, 0.6) is 5.75 Å². The van der Waals surface area contributed by atoms with Crippen molar-refractivity contribution in [3.8, 4) is 5.75 Å². The standard InChI is InChI=1S/C22H21ClF3N3O4/c1-33-16-7-4-14(5-8-16)12-28-18-9-6-15(23)11-17(18)21(22(24,25)26,27-20(28)30)19(29(31)32)10-13-2-3-13/h4-9,11,13,19H,2-3,10,12H2,1H3,(H,27,30)/t19?,21-/m1/s1. The fraction of sp³-hybridized carbons (Fsp3) is 0.409. The number of halogens is 4. The van der Waals surface area contributed by atoms with Crippen LogP contribution in [0, 0.1) is 16.0 Å². The van der Waals surface area contributed by atoms with Crippen LogP contribution in [0.3, 0.4) is 0 Å². The number of fused-ring (bicyclic) bond motifs is 1. The number of benzene rings is 2. The van der Waals surface area contributed by atoms with E-state index in [2.05, 4.69) is 0 Å². The summed E-state index contributed by atoms with van der Waals surface area (Å²) < 4.78 is 49.2. The SMILES string of the molecule is COc1ccc(CN2C(=O)N[C@](C(CC3CC3)[N+](=O)[O-])(C(F)(F)F)c3cc(Cl)ccc32)cc1. The van der Waals surface area contributed by atoms with Crippen molar-refractivity contribution in [3.05, 3.63) is 68.7 Å². The van der Waals surface area contributed by atoms with Gasteiger partial charge in [0.15, 0.2) is 0 Å². The van der Waals surface area contributed by atoms with E-state index in [1.807, 2.05) is 5.32 Å². The van der Waals surface area contributed by atoms with Gasteiger partial charge in [0.1, 0.15) is 5.75 Å². The van der Waals surface area contributed by atoms with Crippen molar-refractivity contribution in [2.45, 2.75) is 43.6 Å². The van der Waals surface area contributed by atoms with Crippen LogP contribution in [0.15, 0.2) is 42.5 Å². The van der Waals surface area contributed by atoms with Gasteiger partial charge in [0.05, 0.1) is 19.3 Å². The fourth-order valence-corrected chi connectivity index (χ4v) is 4.48. The van der Waals surface area contributed by atoms with Crippen LogP contribution in [0.25, 0.3) is 0 Å². The summed E-state index contributed by atoms with van der Waals surface area (Å²) in [5.74, 6) is 0.399. The Balaban J connectivity index is 1.84. The Bertz CT molecular complexity index is 1080. The van der Waals surface area contributed by atoms with Gasteiger partial charge in [-0.25, -0.2) is 4.79 Å². The molecule has 2 atom stereocenters. The van der Waals surface area contributed by atoms with E-state index in [0.29, 0.717) is 24.2 Å². The number of ether oxygens (including phenoxy) is 1. The van der Waals surface area contributed by atoms with Gasteiger partial charge in [0.25, 0.3) is 0 Å². The third-order valence-corrected chi connectivity index (χ3v) is 6.41. The van der Waals surface area contributed by atoms with E-state index in [1.165, 1.54) is 19.2 Å². The summed E-state index contributed by atoms with van der Waals surface area (Å²) in [5.41, 5.74) is -3.07. The monoisotopic (exact) mass is 483 g/mol. The fourth-order valence-electron chi connectivity index (χ4n) is 4.31. The molecule has 11 heteroatoms. The van der Waals surface area contributed by atoms with Gasteiger partial charge in [0.2, 0.25) is 11.6 Å². The third kappa shape index (κ3) is 4.19. The van der Waals surface area contributed by atoms with Crippen LogP contribution in [0.4, 0.5) is 23.7 Å². The number of alkyl halides is 3. The van der Waals surface area contributed by atoms with Gasteiger partial charge in [0, 0.05) is 21.9 Å². The van der Waals surface area contributed by atoms with Crippen molar-refractivity contribution in [2.75, 3.05) is 12.0 Å². The van der Waals surface area contributed by atoms with Gasteiger partial charge in [-0.3, -0.25) is 15.0 Å². The molecule has 1 fully saturated rings. The number of nitrogens with one attached hydrogen (secondary N) is 1. The summed E-state index contributed by atoms with van der Waals surface area (Å²) in [6.45, 7) is -0.0514. The maximum absolute atomic E-state index is 14.7. The summed E-state index contributed by atoms with van der Waals surface area (Å²) in [7, 11) is 1.50. The number of hydrogen-bond acceptors (Lipinski definition) is 4. The lowest BCUT2D eigenvalue weighted by molar-refractivity contribution is -0.549. The highest BCUT2D eigenvalue weighted by Crippen LogP contribution is 2.52. The normalized spacial score (nSPS) is 21.2. The number of nitrogens with zero attached hydrogens (tertiary/aromatic N) is 2. The van der Waals surface area contributed by atoms with Crippen molar-refractivity contribution in [2.24, 2.45) is 5.92 Å². The molecule has 7 nitrogen and oxygen atoms in total. The number of anilines is 1. The molecule has 0 aromatic heterocycles. The minimum atomic E-state index is -5.14. The second-order valence-electron chi connectivity index (χ2n) is 8.31. The van der Waals surface area contributed by atoms with E-state index in [4.69, 9.17) is 16.3 Å². The van der Waals surface area contributed by atoms with Crippen molar-refractivity contribution in [3.63, 3.8) is 0 Å². The minimum Gasteiger partial charge on any atom is -0.497 e. The van der Waals surface area contributed by atoms with Crippen molar-refractivity contribution in [1.82, 2.24) is 5.32 Å². The molecular formula is C22H21ClF3N3O4. The van der Waals surface area contributed by atoms with Gasteiger partial charge in [-0.1, -0.05) is 23.7 Å². The topological polar surface area (TPSA) is 84.7 Å². The molecule has 0 radical (unpaired) electrons. The number of urea groups is 1. The average Bonchev–Trinajstić information content (AvgIpc) is 3.58. The molecular weight excluding hydrogens is 463 g/mol. The van der Waals surface area contributed by atoms with Crippen molar-refractivity contribution >= 4 is 23.3 Å². The Hall–Kier alpha value is -3.01. The predicted molar refractivity (Wildman–Crippen MR) is 115 cm³/mol. The second-order valence-corrected chi connectivity index (χ2v) is 8.75. The molecule has 0 saturated heterocycles. The largest absolute Gasteiger partial charge is 0.497 e. The second kappa shape index (κ2) is 8.40. The van der Waals surface area contributed by atoms with Gasteiger partial charge < -0.3 is 10.1 Å². The number of methoxy groups -OCH3 is 1. The average molecular weight is 484 g/mol. The Kier molecular flexibility index (Phi) is 5.90. The van der Waals surface area contributed by atoms with Crippen LogP contribution < -0.4 is 15.0 Å². The molecule has 2 amide bonds. The molecule has 0 bridgehead atoms. The van der Waals surface area contributed by atoms with E-state index in [1.54, 1.807) is 24.3 Å². The number of nitro groups is 1. The molecule has 2 aromatic carbocycles. The number of amides is 2. The van der Waals surface area contributed by atoms with E-state index in [-0.39, 0.29) is 29.6 Å². The number of carbonyl (C=O) groups is 1. The van der Waals surface area contributed by atoms with Gasteiger partial charge in [-0.05, 0) is 54.7 Å². The summed E-state index contributed by atoms with van der Waals surface area (Å²) in [6, 6.07) is 7.26. The van der Waals surface area contributed by atoms with Crippen LogP contribution in [0.1, 0.15) is 30.4 Å². The summed E-state index contributed by atoms with van der Waals surface area (Å²) >= 11 is 6.05. The van der Waals surface area contributed by atoms with Crippen LogP contribution in [-0.4, -0.2) is 30.3 Å². The van der Waals surface area contributed by atoms with Crippen LogP contribution in [0.2, 0.25) is 5.02 Å². The molecule has 4 rings (SSSR count). The first-order valence-electron chi connectivity index (χ1n) is 10.3. The zero-order chi connectivity index (χ0) is 24.0. The van der Waals surface area contributed by atoms with E-state index < -0.39 is 34.3 Å². The van der Waals surface area contributed by atoms with Gasteiger partial charge in [-0.2, -0.15) is 13.2 Å². The van der Waals surface area contributed by atoms with Crippen molar-refractivity contribution < 1.29 is 27.6 Å². The third-order valence-electron chi connectivity index (χ3n) is 6.18. The maximum atomic E-state index is 14.7. The highest BCUT2D eigenvalue weighted by atomic mass is 35.5. The predicted octanol–water partition coefficient (Wildman–Crippen LogP) is 5.28. The molecule has 33 heavy (non-hydrogen) atoms. The molecule has 1 saturated carbocycles. The number of carbonyl (C=O) groups excluding carboxylic acids is 1. The summed E-state index contributed by atoms with van der Waals surface area (Å²) in [5, 5.41) is 13.9. The lowest BCUT2D eigenvalue weighted by Gasteiger charge is -2.45. The van der Waals surface area contributed by atoms with Crippen LogP contribution in [-0.2, 0) is 12.1 Å². The first-order chi connectivity index (χ1) is 15.6. The molecule has 2 aliphatic rings. The number of rotatable bonds is 7. The van der Waals surface area contributed by atoms with Gasteiger partial charge >= 0.3 is 12.2 Å². The molecule has 1 heterocycles. The highest BCUT2D eigenvalue weighted by molar-refractivity contribution is 6.30. The molecule has 176 valence electrons. The van der Waals surface area contributed by atoms with E-state index >= 15 is 0 Å². The highest BCUT2D eigenvalue weighted by Gasteiger charge is 2.70. The Morgan fingerprint density at radius 2 is 1.94 bits per heavy atom. The zero-order valence-electron chi connectivity index (χ0n) is 17.6. The molecule has 1 aliphatic carbocycles. The Morgan fingerprint density at radius 1 is 1.27 bits per heavy atom. The van der Waals surface area contributed by atoms with Crippen molar-refractivity contribution in [1.29, 1.82) is 0 Å². The van der Waals surface area contributed by atoms with E-state index in [0.717, 1.165) is 11.0 Å². The first kappa shape index (κ1) is 23.2. The summed E-state index contributed by atoms with van der Waals surface area (Å²) in [4.78, 5) is 25.2. The Labute approximate surface area is 192 Å². The Morgan fingerprint density at radius 3 is 2.48 bits per heavy atom. The molecule has 1 N–H and O–H groups in total. The molecule has 1 unspecified atom stereocenters. The lowest BCUT2D eigenvalue weighted by Crippen LogP contribution is -2.69. The zero-order valence-corrected chi connectivity index (χ0v) is 18.3. The van der Waals surface area contributed by atoms with Gasteiger partial charge in [-0.15, -0.1) is 0 Å². The van der Waals surface area contributed by atoms with E-state index in [9.17, 15) is 28.1 Å². The minimum absolute atomic E-state index is 0.0172. The lowest BCUT2D eigenvalue weighted by atomic mass is 9.77. The maximum Gasteiger partial charge on any atom is 0.422 e. The molecule has 0 spiro atoms. The first-order valence-corrected chi connectivity index (χ1v) is 10.7. The number of hydrogen-bond donors (Lipinski definition) is 1. The van der Waals surface area contributed by atoms with Crippen LogP contribution >= 0.6 is 11.6 Å². The smallest absolute Gasteiger partial charge is 0.422 e. The molecule has 2 aromatic rings. The summed E-state index contributed by atoms with van der Waals surface area (Å²) in [6.07, 6.45) is -4.19. The quantitative estimate of drug-likeness (QED) is 0.429.